The summed E-state index contributed by atoms with van der Waals surface area (Å²) in [5.41, 5.74) is 1.67. The zero-order valence-corrected chi connectivity index (χ0v) is 11.7. The first kappa shape index (κ1) is 12.2. The van der Waals surface area contributed by atoms with Crippen molar-refractivity contribution in [2.75, 3.05) is 18.0 Å². The Kier molecular flexibility index (Phi) is 3.18. The molecule has 1 aromatic heterocycles. The van der Waals surface area contributed by atoms with E-state index in [1.807, 2.05) is 6.92 Å². The van der Waals surface area contributed by atoms with Gasteiger partial charge in [0, 0.05) is 18.7 Å². The Morgan fingerprint density at radius 1 is 1.11 bits per heavy atom. The molecule has 3 nitrogen and oxygen atoms in total. The van der Waals surface area contributed by atoms with Gasteiger partial charge in [-0.1, -0.05) is 24.4 Å². The van der Waals surface area contributed by atoms with Crippen LogP contribution < -0.4 is 4.90 Å². The van der Waals surface area contributed by atoms with Gasteiger partial charge in [-0.2, -0.15) is 0 Å². The molecule has 98 valence electrons. The van der Waals surface area contributed by atoms with Crippen LogP contribution in [0.15, 0.2) is 6.33 Å². The lowest BCUT2D eigenvalue weighted by Gasteiger charge is -2.40. The number of halogens is 1. The second-order valence-corrected chi connectivity index (χ2v) is 6.17. The van der Waals surface area contributed by atoms with Crippen LogP contribution >= 0.6 is 11.6 Å². The molecule has 3 rings (SSSR count). The summed E-state index contributed by atoms with van der Waals surface area (Å²) >= 11 is 6.08. The van der Waals surface area contributed by atoms with Crippen LogP contribution in [0.2, 0.25) is 5.15 Å². The standard InChI is InChI=1S/C14H20ClN3/c1-11-12(15)16-10-17-13(11)18-8-6-14(7-9-18)4-2-3-5-14/h10H,2-9H2,1H3. The lowest BCUT2D eigenvalue weighted by atomic mass is 9.77. The van der Waals surface area contributed by atoms with E-state index >= 15 is 0 Å². The third kappa shape index (κ3) is 2.09. The van der Waals surface area contributed by atoms with Crippen LogP contribution in [0.4, 0.5) is 5.82 Å². The number of hydrogen-bond donors (Lipinski definition) is 0. The monoisotopic (exact) mass is 265 g/mol. The first-order chi connectivity index (χ1) is 8.70. The average molecular weight is 266 g/mol. The van der Waals surface area contributed by atoms with Gasteiger partial charge in [-0.05, 0) is 38.0 Å². The van der Waals surface area contributed by atoms with Gasteiger partial charge in [-0.3, -0.25) is 0 Å². The summed E-state index contributed by atoms with van der Waals surface area (Å²) < 4.78 is 0. The molecule has 0 atom stereocenters. The van der Waals surface area contributed by atoms with E-state index in [-0.39, 0.29) is 0 Å². The number of anilines is 1. The molecule has 1 saturated carbocycles. The predicted octanol–water partition coefficient (Wildman–Crippen LogP) is 3.60. The Hall–Kier alpha value is -0.830. The molecule has 1 spiro atoms. The normalized spacial score (nSPS) is 22.7. The summed E-state index contributed by atoms with van der Waals surface area (Å²) in [7, 11) is 0. The molecule has 0 unspecified atom stereocenters. The van der Waals surface area contributed by atoms with Gasteiger partial charge < -0.3 is 4.90 Å². The minimum absolute atomic E-state index is 0.584. The Morgan fingerprint density at radius 2 is 1.78 bits per heavy atom. The van der Waals surface area contributed by atoms with Crippen molar-refractivity contribution in [2.24, 2.45) is 5.41 Å². The second kappa shape index (κ2) is 4.69. The first-order valence-electron chi connectivity index (χ1n) is 6.92. The maximum Gasteiger partial charge on any atom is 0.137 e. The Labute approximate surface area is 114 Å². The number of rotatable bonds is 1. The number of piperidine rings is 1. The minimum atomic E-state index is 0.584. The summed E-state index contributed by atoms with van der Waals surface area (Å²) in [6, 6.07) is 0. The van der Waals surface area contributed by atoms with E-state index in [1.165, 1.54) is 38.5 Å². The SMILES string of the molecule is Cc1c(Cl)ncnc1N1CCC2(CCCC2)CC1. The molecule has 1 aliphatic heterocycles. The van der Waals surface area contributed by atoms with Crippen molar-refractivity contribution < 1.29 is 0 Å². The van der Waals surface area contributed by atoms with Gasteiger partial charge in [-0.15, -0.1) is 0 Å². The molecular weight excluding hydrogens is 246 g/mol. The topological polar surface area (TPSA) is 29.0 Å². The van der Waals surface area contributed by atoms with Crippen LogP contribution in [-0.2, 0) is 0 Å². The summed E-state index contributed by atoms with van der Waals surface area (Å²) in [5, 5.41) is 0.584. The molecule has 1 aliphatic carbocycles. The highest BCUT2D eigenvalue weighted by Crippen LogP contribution is 2.46. The molecule has 0 N–H and O–H groups in total. The number of aromatic nitrogens is 2. The van der Waals surface area contributed by atoms with Crippen molar-refractivity contribution in [2.45, 2.75) is 45.4 Å². The van der Waals surface area contributed by atoms with Gasteiger partial charge in [-0.25, -0.2) is 9.97 Å². The molecule has 1 aromatic rings. The van der Waals surface area contributed by atoms with Gasteiger partial charge >= 0.3 is 0 Å². The molecule has 2 aliphatic rings. The van der Waals surface area contributed by atoms with Crippen molar-refractivity contribution in [3.8, 4) is 0 Å². The average Bonchev–Trinajstić information content (AvgIpc) is 2.83. The van der Waals surface area contributed by atoms with Crippen LogP contribution in [0.5, 0.6) is 0 Å². The highest BCUT2D eigenvalue weighted by atomic mass is 35.5. The summed E-state index contributed by atoms with van der Waals surface area (Å²) in [4.78, 5) is 10.8. The quantitative estimate of drug-likeness (QED) is 0.727. The number of hydrogen-bond acceptors (Lipinski definition) is 3. The molecule has 0 aromatic carbocycles. The largest absolute Gasteiger partial charge is 0.356 e. The Bertz CT molecular complexity index is 431. The van der Waals surface area contributed by atoms with E-state index in [2.05, 4.69) is 14.9 Å². The van der Waals surface area contributed by atoms with E-state index in [4.69, 9.17) is 11.6 Å². The van der Waals surface area contributed by atoms with E-state index < -0.39 is 0 Å². The molecule has 0 bridgehead atoms. The fourth-order valence-corrected chi connectivity index (χ4v) is 3.68. The van der Waals surface area contributed by atoms with Crippen molar-refractivity contribution >= 4 is 17.4 Å². The van der Waals surface area contributed by atoms with Crippen molar-refractivity contribution in [1.82, 2.24) is 9.97 Å². The zero-order chi connectivity index (χ0) is 12.6. The summed E-state index contributed by atoms with van der Waals surface area (Å²) in [5.74, 6) is 1.03. The highest BCUT2D eigenvalue weighted by Gasteiger charge is 2.37. The molecule has 2 heterocycles. The van der Waals surface area contributed by atoms with Crippen molar-refractivity contribution in [3.63, 3.8) is 0 Å². The van der Waals surface area contributed by atoms with E-state index in [1.54, 1.807) is 6.33 Å². The van der Waals surface area contributed by atoms with Gasteiger partial charge in [0.1, 0.15) is 17.3 Å². The van der Waals surface area contributed by atoms with E-state index in [0.717, 1.165) is 24.5 Å². The molecule has 1 saturated heterocycles. The first-order valence-corrected chi connectivity index (χ1v) is 7.30. The van der Waals surface area contributed by atoms with Crippen molar-refractivity contribution in [3.05, 3.63) is 17.0 Å². The lowest BCUT2D eigenvalue weighted by Crippen LogP contribution is -2.39. The summed E-state index contributed by atoms with van der Waals surface area (Å²) in [6.07, 6.45) is 9.93. The third-order valence-electron chi connectivity index (χ3n) is 4.78. The zero-order valence-electron chi connectivity index (χ0n) is 11.0. The number of nitrogens with zero attached hydrogens (tertiary/aromatic N) is 3. The van der Waals surface area contributed by atoms with Crippen LogP contribution in [0, 0.1) is 12.3 Å². The van der Waals surface area contributed by atoms with Gasteiger partial charge in [0.05, 0.1) is 0 Å². The van der Waals surface area contributed by atoms with Crippen molar-refractivity contribution in [1.29, 1.82) is 0 Å². The summed E-state index contributed by atoms with van der Waals surface area (Å²) in [6.45, 7) is 4.25. The van der Waals surface area contributed by atoms with Gasteiger partial charge in [0.15, 0.2) is 0 Å². The second-order valence-electron chi connectivity index (χ2n) is 5.81. The van der Waals surface area contributed by atoms with Gasteiger partial charge in [0.25, 0.3) is 0 Å². The highest BCUT2D eigenvalue weighted by molar-refractivity contribution is 6.30. The molecule has 4 heteroatoms. The maximum atomic E-state index is 6.08. The Morgan fingerprint density at radius 3 is 2.44 bits per heavy atom. The van der Waals surface area contributed by atoms with E-state index in [9.17, 15) is 0 Å². The maximum absolute atomic E-state index is 6.08. The predicted molar refractivity (Wildman–Crippen MR) is 74.1 cm³/mol. The molecule has 18 heavy (non-hydrogen) atoms. The lowest BCUT2D eigenvalue weighted by molar-refractivity contribution is 0.226. The molecule has 0 amide bonds. The molecule has 2 fully saturated rings. The molecular formula is C14H20ClN3. The van der Waals surface area contributed by atoms with E-state index in [0.29, 0.717) is 10.6 Å². The van der Waals surface area contributed by atoms with Gasteiger partial charge in [0.2, 0.25) is 0 Å². The Balaban J connectivity index is 1.74. The van der Waals surface area contributed by atoms with Crippen LogP contribution in [0.25, 0.3) is 0 Å². The third-order valence-corrected chi connectivity index (χ3v) is 5.16. The fourth-order valence-electron chi connectivity index (χ4n) is 3.56. The van der Waals surface area contributed by atoms with Crippen LogP contribution in [0.3, 0.4) is 0 Å². The smallest absolute Gasteiger partial charge is 0.137 e. The van der Waals surface area contributed by atoms with Crippen LogP contribution in [0.1, 0.15) is 44.1 Å². The molecule has 0 radical (unpaired) electrons. The van der Waals surface area contributed by atoms with Crippen LogP contribution in [-0.4, -0.2) is 23.1 Å². The fraction of sp³-hybridized carbons (Fsp3) is 0.714. The minimum Gasteiger partial charge on any atom is -0.356 e.